The first-order valence-electron chi connectivity index (χ1n) is 6.76. The number of rotatable bonds is 3. The molecule has 0 amide bonds. The molecule has 0 radical (unpaired) electrons. The smallest absolute Gasteiger partial charge is 0.161 e. The molecule has 1 heterocycles. The molecule has 0 bridgehead atoms. The molecule has 1 atom stereocenters. The second kappa shape index (κ2) is 5.37. The average molecular weight is 280 g/mol. The van der Waals surface area contributed by atoms with Crippen LogP contribution in [0.25, 0.3) is 0 Å². The molecular weight excluding hydrogens is 264 g/mol. The molecule has 1 N–H and O–H groups in total. The molecule has 2 aromatic rings. The SMILES string of the molecule is COc1ccc(C2Cc3cc(C#N)ccc3N2)cc1OC. The van der Waals surface area contributed by atoms with Crippen molar-refractivity contribution in [2.24, 2.45) is 0 Å². The van der Waals surface area contributed by atoms with Crippen molar-refractivity contribution in [1.29, 1.82) is 5.26 Å². The second-order valence-corrected chi connectivity index (χ2v) is 5.00. The first-order valence-corrected chi connectivity index (χ1v) is 6.76. The zero-order chi connectivity index (χ0) is 14.8. The topological polar surface area (TPSA) is 54.3 Å². The Morgan fingerprint density at radius 3 is 2.62 bits per heavy atom. The minimum Gasteiger partial charge on any atom is -0.493 e. The maximum absolute atomic E-state index is 8.98. The van der Waals surface area contributed by atoms with Gasteiger partial charge in [-0.3, -0.25) is 0 Å². The van der Waals surface area contributed by atoms with E-state index in [9.17, 15) is 0 Å². The molecule has 0 aliphatic carbocycles. The number of nitriles is 1. The van der Waals surface area contributed by atoms with Crippen LogP contribution in [0.15, 0.2) is 36.4 Å². The van der Waals surface area contributed by atoms with Gasteiger partial charge in [0.25, 0.3) is 0 Å². The number of ether oxygens (including phenoxy) is 2. The van der Waals surface area contributed by atoms with Crippen molar-refractivity contribution in [2.75, 3.05) is 19.5 Å². The zero-order valence-corrected chi connectivity index (χ0v) is 12.0. The van der Waals surface area contributed by atoms with E-state index in [0.29, 0.717) is 5.56 Å². The van der Waals surface area contributed by atoms with Crippen LogP contribution in [0.1, 0.15) is 22.7 Å². The summed E-state index contributed by atoms with van der Waals surface area (Å²) in [6, 6.07) is 14.1. The summed E-state index contributed by atoms with van der Waals surface area (Å²) in [5, 5.41) is 12.5. The number of hydrogen-bond donors (Lipinski definition) is 1. The van der Waals surface area contributed by atoms with Gasteiger partial charge in [-0.05, 0) is 47.9 Å². The van der Waals surface area contributed by atoms with Crippen molar-refractivity contribution in [3.05, 3.63) is 53.1 Å². The predicted molar refractivity (Wildman–Crippen MR) is 80.8 cm³/mol. The van der Waals surface area contributed by atoms with Crippen molar-refractivity contribution in [3.63, 3.8) is 0 Å². The summed E-state index contributed by atoms with van der Waals surface area (Å²) in [7, 11) is 3.27. The number of nitrogens with zero attached hydrogens (tertiary/aromatic N) is 1. The fourth-order valence-corrected chi connectivity index (χ4v) is 2.70. The lowest BCUT2D eigenvalue weighted by Gasteiger charge is -2.14. The summed E-state index contributed by atoms with van der Waals surface area (Å²) in [6.07, 6.45) is 0.861. The van der Waals surface area contributed by atoms with Crippen molar-refractivity contribution >= 4 is 5.69 Å². The van der Waals surface area contributed by atoms with Crippen LogP contribution in [0.2, 0.25) is 0 Å². The van der Waals surface area contributed by atoms with Gasteiger partial charge in [0.2, 0.25) is 0 Å². The van der Waals surface area contributed by atoms with Crippen LogP contribution in [0.3, 0.4) is 0 Å². The molecule has 4 heteroatoms. The largest absolute Gasteiger partial charge is 0.493 e. The number of methoxy groups -OCH3 is 2. The molecular formula is C17H16N2O2. The van der Waals surface area contributed by atoms with Gasteiger partial charge in [0.1, 0.15) is 0 Å². The summed E-state index contributed by atoms with van der Waals surface area (Å²) in [6.45, 7) is 0. The maximum atomic E-state index is 8.98. The molecule has 4 nitrogen and oxygen atoms in total. The molecule has 0 saturated carbocycles. The normalized spacial score (nSPS) is 15.8. The van der Waals surface area contributed by atoms with Gasteiger partial charge in [-0.2, -0.15) is 5.26 Å². The third kappa shape index (κ3) is 2.38. The molecule has 0 fully saturated rings. The van der Waals surface area contributed by atoms with Crippen molar-refractivity contribution < 1.29 is 9.47 Å². The minimum absolute atomic E-state index is 0.189. The number of hydrogen-bond acceptors (Lipinski definition) is 4. The molecule has 2 aromatic carbocycles. The van der Waals surface area contributed by atoms with Crippen LogP contribution in [0.5, 0.6) is 11.5 Å². The Morgan fingerprint density at radius 2 is 1.90 bits per heavy atom. The number of anilines is 1. The van der Waals surface area contributed by atoms with E-state index in [2.05, 4.69) is 11.4 Å². The van der Waals surface area contributed by atoms with Gasteiger partial charge in [-0.1, -0.05) is 6.07 Å². The highest BCUT2D eigenvalue weighted by Crippen LogP contribution is 2.37. The van der Waals surface area contributed by atoms with Crippen LogP contribution in [0.4, 0.5) is 5.69 Å². The molecule has 1 aliphatic rings. The summed E-state index contributed by atoms with van der Waals surface area (Å²) < 4.78 is 10.6. The molecule has 0 aromatic heterocycles. The third-order valence-corrected chi connectivity index (χ3v) is 3.80. The van der Waals surface area contributed by atoms with Crippen LogP contribution in [-0.2, 0) is 6.42 Å². The van der Waals surface area contributed by atoms with E-state index in [1.54, 1.807) is 14.2 Å². The molecule has 1 aliphatic heterocycles. The Bertz CT molecular complexity index is 719. The van der Waals surface area contributed by atoms with Gasteiger partial charge in [-0.25, -0.2) is 0 Å². The van der Waals surface area contributed by atoms with Crippen LogP contribution >= 0.6 is 0 Å². The monoisotopic (exact) mass is 280 g/mol. The lowest BCUT2D eigenvalue weighted by molar-refractivity contribution is 0.354. The second-order valence-electron chi connectivity index (χ2n) is 5.00. The van der Waals surface area contributed by atoms with Gasteiger partial charge in [-0.15, -0.1) is 0 Å². The molecule has 3 rings (SSSR count). The van der Waals surface area contributed by atoms with E-state index in [1.165, 1.54) is 5.56 Å². The van der Waals surface area contributed by atoms with Crippen LogP contribution < -0.4 is 14.8 Å². The standard InChI is InChI=1S/C17H16N2O2/c1-20-16-6-4-12(9-17(16)21-2)15-8-13-7-11(10-18)3-5-14(13)19-15/h3-7,9,15,19H,8H2,1-2H3. The zero-order valence-electron chi connectivity index (χ0n) is 12.0. The molecule has 21 heavy (non-hydrogen) atoms. The summed E-state index contributed by atoms with van der Waals surface area (Å²) in [4.78, 5) is 0. The summed E-state index contributed by atoms with van der Waals surface area (Å²) >= 11 is 0. The maximum Gasteiger partial charge on any atom is 0.161 e. The quantitative estimate of drug-likeness (QED) is 0.937. The van der Waals surface area contributed by atoms with Crippen molar-refractivity contribution in [2.45, 2.75) is 12.5 Å². The Morgan fingerprint density at radius 1 is 1.10 bits per heavy atom. The van der Waals surface area contributed by atoms with Gasteiger partial charge >= 0.3 is 0 Å². The first-order chi connectivity index (χ1) is 10.2. The van der Waals surface area contributed by atoms with E-state index in [-0.39, 0.29) is 6.04 Å². The van der Waals surface area contributed by atoms with Gasteiger partial charge < -0.3 is 14.8 Å². The Labute approximate surface area is 123 Å². The molecule has 0 saturated heterocycles. The van der Waals surface area contributed by atoms with E-state index in [0.717, 1.165) is 29.2 Å². The van der Waals surface area contributed by atoms with Crippen molar-refractivity contribution in [3.8, 4) is 17.6 Å². The molecule has 106 valence electrons. The summed E-state index contributed by atoms with van der Waals surface area (Å²) in [5.41, 5.74) is 4.11. The lowest BCUT2D eigenvalue weighted by atomic mass is 10.0. The highest BCUT2D eigenvalue weighted by atomic mass is 16.5. The van der Waals surface area contributed by atoms with Crippen LogP contribution in [-0.4, -0.2) is 14.2 Å². The number of nitrogens with one attached hydrogen (secondary N) is 1. The molecule has 1 unspecified atom stereocenters. The predicted octanol–water partition coefficient (Wildman–Crippen LogP) is 3.28. The van der Waals surface area contributed by atoms with E-state index in [4.69, 9.17) is 14.7 Å². The lowest BCUT2D eigenvalue weighted by Crippen LogP contribution is -2.06. The number of benzene rings is 2. The van der Waals surface area contributed by atoms with E-state index in [1.807, 2.05) is 36.4 Å². The first kappa shape index (κ1) is 13.3. The van der Waals surface area contributed by atoms with Gasteiger partial charge in [0.15, 0.2) is 11.5 Å². The average Bonchev–Trinajstić information content (AvgIpc) is 2.96. The fourth-order valence-electron chi connectivity index (χ4n) is 2.70. The number of fused-ring (bicyclic) bond motifs is 1. The van der Waals surface area contributed by atoms with E-state index >= 15 is 0 Å². The highest BCUT2D eigenvalue weighted by molar-refractivity contribution is 5.61. The Balaban J connectivity index is 1.89. The van der Waals surface area contributed by atoms with E-state index < -0.39 is 0 Å². The summed E-state index contributed by atoms with van der Waals surface area (Å²) in [5.74, 6) is 1.45. The minimum atomic E-state index is 0.189. The van der Waals surface area contributed by atoms with Crippen molar-refractivity contribution in [1.82, 2.24) is 0 Å². The Hall–Kier alpha value is -2.67. The highest BCUT2D eigenvalue weighted by Gasteiger charge is 2.23. The van der Waals surface area contributed by atoms with Gasteiger partial charge in [0, 0.05) is 5.69 Å². The van der Waals surface area contributed by atoms with Crippen LogP contribution in [0, 0.1) is 11.3 Å². The fraction of sp³-hybridized carbons (Fsp3) is 0.235. The van der Waals surface area contributed by atoms with Gasteiger partial charge in [0.05, 0.1) is 31.9 Å². The Kier molecular flexibility index (Phi) is 3.41. The molecule has 0 spiro atoms. The third-order valence-electron chi connectivity index (χ3n) is 3.80.